The molecule has 1 amide bonds. The van der Waals surface area contributed by atoms with Crippen molar-refractivity contribution in [3.63, 3.8) is 0 Å². The zero-order chi connectivity index (χ0) is 19.9. The highest BCUT2D eigenvalue weighted by atomic mass is 19.4. The standard InChI is InChI=1S/C20H16F3N3O2/c21-20(22,23)13-4-3-5-14(11-13)24-18(27)12-7-8-15-16(10-12)25-17-6-1-2-9-26(17)19(15)28/h3-5,7-8,10-11H,1-2,6,9H2,(H,24,27). The topological polar surface area (TPSA) is 64.0 Å². The number of aromatic nitrogens is 2. The zero-order valence-corrected chi connectivity index (χ0v) is 14.7. The average Bonchev–Trinajstić information content (AvgIpc) is 2.67. The second-order valence-electron chi connectivity index (χ2n) is 6.71. The molecule has 0 saturated carbocycles. The smallest absolute Gasteiger partial charge is 0.322 e. The van der Waals surface area contributed by atoms with E-state index in [0.717, 1.165) is 25.0 Å². The van der Waals surface area contributed by atoms with Gasteiger partial charge < -0.3 is 5.32 Å². The van der Waals surface area contributed by atoms with E-state index in [1.165, 1.54) is 30.3 Å². The molecule has 4 rings (SSSR count). The minimum absolute atomic E-state index is 0.0402. The fraction of sp³-hybridized carbons (Fsp3) is 0.250. The maximum Gasteiger partial charge on any atom is 0.416 e. The number of amides is 1. The second kappa shape index (κ2) is 6.78. The van der Waals surface area contributed by atoms with Gasteiger partial charge in [0.1, 0.15) is 5.82 Å². The van der Waals surface area contributed by atoms with Crippen molar-refractivity contribution >= 4 is 22.5 Å². The number of anilines is 1. The summed E-state index contributed by atoms with van der Waals surface area (Å²) in [4.78, 5) is 29.6. The SMILES string of the molecule is O=C(Nc1cccc(C(F)(F)F)c1)c1ccc2c(=O)n3c(nc2c1)CCCC3. The molecule has 1 N–H and O–H groups in total. The van der Waals surface area contributed by atoms with E-state index in [1.807, 2.05) is 0 Å². The Balaban J connectivity index is 1.66. The van der Waals surface area contributed by atoms with Crippen molar-refractivity contribution in [2.24, 2.45) is 0 Å². The lowest BCUT2D eigenvalue weighted by molar-refractivity contribution is -0.137. The second-order valence-corrected chi connectivity index (χ2v) is 6.71. The number of carbonyl (C=O) groups excluding carboxylic acids is 1. The van der Waals surface area contributed by atoms with Crippen molar-refractivity contribution in [1.82, 2.24) is 9.55 Å². The van der Waals surface area contributed by atoms with E-state index in [-0.39, 0.29) is 16.8 Å². The molecular formula is C20H16F3N3O2. The van der Waals surface area contributed by atoms with Crippen LogP contribution in [0.3, 0.4) is 0 Å². The average molecular weight is 387 g/mol. The number of benzene rings is 2. The Morgan fingerprint density at radius 1 is 1.11 bits per heavy atom. The van der Waals surface area contributed by atoms with E-state index >= 15 is 0 Å². The molecule has 0 bridgehead atoms. The highest BCUT2D eigenvalue weighted by molar-refractivity contribution is 6.06. The van der Waals surface area contributed by atoms with Crippen LogP contribution in [0.4, 0.5) is 18.9 Å². The summed E-state index contributed by atoms with van der Waals surface area (Å²) in [5.41, 5.74) is -0.305. The molecule has 0 saturated heterocycles. The van der Waals surface area contributed by atoms with E-state index in [1.54, 1.807) is 4.57 Å². The first-order valence-corrected chi connectivity index (χ1v) is 8.85. The molecule has 1 aliphatic heterocycles. The Hall–Kier alpha value is -3.16. The molecule has 2 aromatic carbocycles. The molecule has 3 aromatic rings. The molecule has 0 fully saturated rings. The van der Waals surface area contributed by atoms with Crippen LogP contribution in [0, 0.1) is 0 Å². The largest absolute Gasteiger partial charge is 0.416 e. The molecule has 2 heterocycles. The summed E-state index contributed by atoms with van der Waals surface area (Å²) in [5.74, 6) is 0.125. The van der Waals surface area contributed by atoms with Gasteiger partial charge in [0.15, 0.2) is 0 Å². The van der Waals surface area contributed by atoms with E-state index in [0.29, 0.717) is 29.7 Å². The van der Waals surface area contributed by atoms with Crippen LogP contribution >= 0.6 is 0 Å². The number of hydrogen-bond acceptors (Lipinski definition) is 3. The van der Waals surface area contributed by atoms with Crippen LogP contribution in [0.15, 0.2) is 47.3 Å². The number of hydrogen-bond donors (Lipinski definition) is 1. The zero-order valence-electron chi connectivity index (χ0n) is 14.7. The normalized spacial score (nSPS) is 14.0. The summed E-state index contributed by atoms with van der Waals surface area (Å²) in [6.45, 7) is 0.634. The predicted octanol–water partition coefficient (Wildman–Crippen LogP) is 4.00. The van der Waals surface area contributed by atoms with Crippen LogP contribution in [0.1, 0.15) is 34.6 Å². The van der Waals surface area contributed by atoms with Crippen molar-refractivity contribution < 1.29 is 18.0 Å². The Bertz CT molecular complexity index is 1140. The molecule has 28 heavy (non-hydrogen) atoms. The lowest BCUT2D eigenvalue weighted by Crippen LogP contribution is -2.28. The summed E-state index contributed by atoms with van der Waals surface area (Å²) in [5, 5.41) is 2.88. The number of rotatable bonds is 2. The molecule has 0 spiro atoms. The van der Waals surface area contributed by atoms with Gasteiger partial charge in [-0.25, -0.2) is 4.98 Å². The third-order valence-corrected chi connectivity index (χ3v) is 4.78. The summed E-state index contributed by atoms with van der Waals surface area (Å²) >= 11 is 0. The summed E-state index contributed by atoms with van der Waals surface area (Å²) in [6.07, 6.45) is -1.91. The van der Waals surface area contributed by atoms with Crippen molar-refractivity contribution in [3.8, 4) is 0 Å². The quantitative estimate of drug-likeness (QED) is 0.723. The van der Waals surface area contributed by atoms with Gasteiger partial charge in [-0.15, -0.1) is 0 Å². The molecule has 0 radical (unpaired) electrons. The number of alkyl halides is 3. The molecular weight excluding hydrogens is 371 g/mol. The number of halogens is 3. The highest BCUT2D eigenvalue weighted by Crippen LogP contribution is 2.30. The Labute approximate surface area is 157 Å². The fourth-order valence-corrected chi connectivity index (χ4v) is 3.36. The Morgan fingerprint density at radius 3 is 2.71 bits per heavy atom. The predicted molar refractivity (Wildman–Crippen MR) is 98.3 cm³/mol. The van der Waals surface area contributed by atoms with E-state index in [2.05, 4.69) is 10.3 Å². The summed E-state index contributed by atoms with van der Waals surface area (Å²) < 4.78 is 40.1. The van der Waals surface area contributed by atoms with Crippen LogP contribution in [-0.4, -0.2) is 15.5 Å². The van der Waals surface area contributed by atoms with Gasteiger partial charge in [-0.1, -0.05) is 6.07 Å². The fourth-order valence-electron chi connectivity index (χ4n) is 3.36. The molecule has 8 heteroatoms. The monoisotopic (exact) mass is 387 g/mol. The first-order chi connectivity index (χ1) is 13.3. The molecule has 5 nitrogen and oxygen atoms in total. The Morgan fingerprint density at radius 2 is 1.93 bits per heavy atom. The summed E-state index contributed by atoms with van der Waals surface area (Å²) in [6, 6.07) is 8.93. The minimum Gasteiger partial charge on any atom is -0.322 e. The first kappa shape index (κ1) is 18.2. The molecule has 0 atom stereocenters. The molecule has 1 aliphatic rings. The van der Waals surface area contributed by atoms with Gasteiger partial charge in [0, 0.05) is 24.2 Å². The van der Waals surface area contributed by atoms with E-state index < -0.39 is 17.6 Å². The maximum absolute atomic E-state index is 12.8. The van der Waals surface area contributed by atoms with Crippen LogP contribution in [-0.2, 0) is 19.1 Å². The number of nitrogens with one attached hydrogen (secondary N) is 1. The van der Waals surface area contributed by atoms with Crippen molar-refractivity contribution in [2.75, 3.05) is 5.32 Å². The third-order valence-electron chi connectivity index (χ3n) is 4.78. The van der Waals surface area contributed by atoms with Gasteiger partial charge in [-0.05, 0) is 49.2 Å². The molecule has 144 valence electrons. The van der Waals surface area contributed by atoms with Gasteiger partial charge in [-0.2, -0.15) is 13.2 Å². The van der Waals surface area contributed by atoms with Gasteiger partial charge >= 0.3 is 6.18 Å². The first-order valence-electron chi connectivity index (χ1n) is 8.85. The number of aryl methyl sites for hydroxylation is 1. The van der Waals surface area contributed by atoms with E-state index in [4.69, 9.17) is 0 Å². The maximum atomic E-state index is 12.8. The Kier molecular flexibility index (Phi) is 4.41. The van der Waals surface area contributed by atoms with E-state index in [9.17, 15) is 22.8 Å². The van der Waals surface area contributed by atoms with Crippen LogP contribution in [0.5, 0.6) is 0 Å². The molecule has 0 aliphatic carbocycles. The lowest BCUT2D eigenvalue weighted by atomic mass is 10.1. The number of nitrogens with zero attached hydrogens (tertiary/aromatic N) is 2. The highest BCUT2D eigenvalue weighted by Gasteiger charge is 2.30. The van der Waals surface area contributed by atoms with Crippen molar-refractivity contribution in [2.45, 2.75) is 32.0 Å². The molecule has 1 aromatic heterocycles. The van der Waals surface area contributed by atoms with Crippen LogP contribution in [0.25, 0.3) is 10.9 Å². The van der Waals surface area contributed by atoms with Crippen LogP contribution in [0.2, 0.25) is 0 Å². The minimum atomic E-state index is -4.49. The number of fused-ring (bicyclic) bond motifs is 2. The van der Waals surface area contributed by atoms with Gasteiger partial charge in [0.25, 0.3) is 11.5 Å². The van der Waals surface area contributed by atoms with Crippen molar-refractivity contribution in [1.29, 1.82) is 0 Å². The van der Waals surface area contributed by atoms with Gasteiger partial charge in [0.2, 0.25) is 0 Å². The lowest BCUT2D eigenvalue weighted by Gasteiger charge is -2.17. The number of carbonyl (C=O) groups is 1. The van der Waals surface area contributed by atoms with Gasteiger partial charge in [-0.3, -0.25) is 14.2 Å². The summed E-state index contributed by atoms with van der Waals surface area (Å²) in [7, 11) is 0. The third kappa shape index (κ3) is 3.37. The van der Waals surface area contributed by atoms with Gasteiger partial charge in [0.05, 0.1) is 16.5 Å². The van der Waals surface area contributed by atoms with Crippen molar-refractivity contribution in [3.05, 3.63) is 69.8 Å². The van der Waals surface area contributed by atoms with Crippen LogP contribution < -0.4 is 10.9 Å². The molecule has 0 unspecified atom stereocenters.